The molecule has 1 amide bonds. The summed E-state index contributed by atoms with van der Waals surface area (Å²) in [4.78, 5) is 12.2. The second-order valence-corrected chi connectivity index (χ2v) is 6.38. The van der Waals surface area contributed by atoms with Gasteiger partial charge in [-0.25, -0.2) is 0 Å². The van der Waals surface area contributed by atoms with Crippen LogP contribution >= 0.6 is 12.4 Å². The first kappa shape index (κ1) is 19.3. The van der Waals surface area contributed by atoms with Crippen LogP contribution in [0.1, 0.15) is 24.0 Å². The van der Waals surface area contributed by atoms with Gasteiger partial charge in [0.2, 0.25) is 5.91 Å². The van der Waals surface area contributed by atoms with Crippen LogP contribution in [-0.4, -0.2) is 18.6 Å². The summed E-state index contributed by atoms with van der Waals surface area (Å²) in [6.07, 6.45) is 3.05. The molecule has 0 radical (unpaired) electrons. The highest BCUT2D eigenvalue weighted by Gasteiger charge is 2.22. The fraction of sp³-hybridized carbons (Fsp3) is 0.350. The maximum atomic E-state index is 12.2. The number of nitrogens with one attached hydrogen (secondary N) is 1. The smallest absolute Gasteiger partial charge is 0.237 e. The summed E-state index contributed by atoms with van der Waals surface area (Å²) in [5.74, 6) is 1.41. The van der Waals surface area contributed by atoms with Gasteiger partial charge in [-0.15, -0.1) is 12.4 Å². The zero-order valence-electron chi connectivity index (χ0n) is 14.2. The molecule has 0 heterocycles. The summed E-state index contributed by atoms with van der Waals surface area (Å²) in [6.45, 7) is 1.20. The zero-order chi connectivity index (χ0) is 16.8. The lowest BCUT2D eigenvalue weighted by Crippen LogP contribution is -2.41. The molecule has 0 bridgehead atoms. The first-order valence-electron chi connectivity index (χ1n) is 8.50. The lowest BCUT2D eigenvalue weighted by atomic mass is 10.1. The number of carbonyl (C=O) groups is 1. The van der Waals surface area contributed by atoms with Gasteiger partial charge in [-0.05, 0) is 36.8 Å². The third kappa shape index (κ3) is 6.07. The predicted molar refractivity (Wildman–Crippen MR) is 102 cm³/mol. The normalized spacial score (nSPS) is 14.3. The van der Waals surface area contributed by atoms with Crippen LogP contribution in [0.3, 0.4) is 0 Å². The zero-order valence-corrected chi connectivity index (χ0v) is 15.0. The molecule has 1 atom stereocenters. The lowest BCUT2D eigenvalue weighted by Gasteiger charge is -2.15. The van der Waals surface area contributed by atoms with E-state index in [1.807, 2.05) is 54.6 Å². The number of halogens is 1. The lowest BCUT2D eigenvalue weighted by molar-refractivity contribution is -0.122. The number of hydrogen-bond donors (Lipinski definition) is 2. The van der Waals surface area contributed by atoms with E-state index < -0.39 is 6.04 Å². The third-order valence-electron chi connectivity index (χ3n) is 4.23. The van der Waals surface area contributed by atoms with Gasteiger partial charge < -0.3 is 15.8 Å². The average Bonchev–Trinajstić information content (AvgIpc) is 3.44. The van der Waals surface area contributed by atoms with Crippen LogP contribution in [0.5, 0.6) is 5.75 Å². The number of rotatable bonds is 8. The molecule has 1 fully saturated rings. The molecule has 2 aromatic carbocycles. The average molecular weight is 361 g/mol. The van der Waals surface area contributed by atoms with Gasteiger partial charge in [0.15, 0.2) is 0 Å². The Labute approximate surface area is 155 Å². The minimum atomic E-state index is -0.549. The molecule has 4 nitrogen and oxygen atoms in total. The second-order valence-electron chi connectivity index (χ2n) is 6.38. The number of benzene rings is 2. The van der Waals surface area contributed by atoms with Crippen molar-refractivity contribution in [3.05, 3.63) is 65.7 Å². The van der Waals surface area contributed by atoms with Crippen LogP contribution in [0.2, 0.25) is 0 Å². The number of carbonyl (C=O) groups excluding carboxylic acids is 1. The first-order chi connectivity index (χ1) is 11.7. The van der Waals surface area contributed by atoms with Crippen LogP contribution in [0, 0.1) is 5.92 Å². The minimum absolute atomic E-state index is 0. The minimum Gasteiger partial charge on any atom is -0.493 e. The Kier molecular flexibility index (Phi) is 7.29. The number of amides is 1. The van der Waals surface area contributed by atoms with E-state index in [0.717, 1.165) is 23.5 Å². The molecular weight excluding hydrogens is 336 g/mol. The molecule has 3 N–H and O–H groups in total. The van der Waals surface area contributed by atoms with E-state index >= 15 is 0 Å². The molecule has 0 aliphatic heterocycles. The van der Waals surface area contributed by atoms with Crippen molar-refractivity contribution in [1.29, 1.82) is 0 Å². The molecule has 0 unspecified atom stereocenters. The Bertz CT molecular complexity index is 674. The van der Waals surface area contributed by atoms with Crippen molar-refractivity contribution in [2.45, 2.75) is 31.8 Å². The van der Waals surface area contributed by atoms with E-state index in [4.69, 9.17) is 10.5 Å². The monoisotopic (exact) mass is 360 g/mol. The molecule has 1 saturated carbocycles. The summed E-state index contributed by atoms with van der Waals surface area (Å²) in [7, 11) is 0. The highest BCUT2D eigenvalue weighted by atomic mass is 35.5. The summed E-state index contributed by atoms with van der Waals surface area (Å²) >= 11 is 0. The van der Waals surface area contributed by atoms with Gasteiger partial charge >= 0.3 is 0 Å². The van der Waals surface area contributed by atoms with E-state index in [1.54, 1.807) is 0 Å². The Morgan fingerprint density at radius 1 is 1.12 bits per heavy atom. The largest absolute Gasteiger partial charge is 0.493 e. The fourth-order valence-electron chi connectivity index (χ4n) is 2.56. The predicted octanol–water partition coefficient (Wildman–Crippen LogP) is 3.08. The highest BCUT2D eigenvalue weighted by molar-refractivity contribution is 5.85. The van der Waals surface area contributed by atoms with Gasteiger partial charge in [-0.3, -0.25) is 4.79 Å². The van der Waals surface area contributed by atoms with E-state index in [9.17, 15) is 4.79 Å². The van der Waals surface area contributed by atoms with Crippen LogP contribution in [0.15, 0.2) is 54.6 Å². The van der Waals surface area contributed by atoms with E-state index in [0.29, 0.717) is 18.9 Å². The van der Waals surface area contributed by atoms with Gasteiger partial charge in [-0.2, -0.15) is 0 Å². The topological polar surface area (TPSA) is 64.4 Å². The van der Waals surface area contributed by atoms with Crippen molar-refractivity contribution in [2.24, 2.45) is 11.7 Å². The van der Waals surface area contributed by atoms with E-state index in [-0.39, 0.29) is 18.3 Å². The molecule has 0 aromatic heterocycles. The van der Waals surface area contributed by atoms with Crippen molar-refractivity contribution < 1.29 is 9.53 Å². The standard InChI is InChI=1S/C20H24N2O2.ClH/c21-18(12-15-6-2-1-3-7-15)20(23)22-13-17-8-4-5-9-19(17)24-14-16-10-11-16;/h1-9,16,18H,10-14,21H2,(H,22,23);1H/t18-;/m0./s1. The van der Waals surface area contributed by atoms with Crippen LogP contribution in [-0.2, 0) is 17.8 Å². The van der Waals surface area contributed by atoms with Gasteiger partial charge in [0, 0.05) is 12.1 Å². The van der Waals surface area contributed by atoms with Gasteiger partial charge in [0.05, 0.1) is 12.6 Å². The number of para-hydroxylation sites is 1. The Morgan fingerprint density at radius 2 is 1.80 bits per heavy atom. The van der Waals surface area contributed by atoms with Gasteiger partial charge in [0.1, 0.15) is 5.75 Å². The number of ether oxygens (including phenoxy) is 1. The van der Waals surface area contributed by atoms with E-state index in [1.165, 1.54) is 12.8 Å². The van der Waals surface area contributed by atoms with Crippen molar-refractivity contribution in [3.8, 4) is 5.75 Å². The highest BCUT2D eigenvalue weighted by Crippen LogP contribution is 2.30. The molecule has 25 heavy (non-hydrogen) atoms. The summed E-state index contributed by atoms with van der Waals surface area (Å²) in [5.41, 5.74) is 8.06. The summed E-state index contributed by atoms with van der Waals surface area (Å²) in [6, 6.07) is 17.1. The van der Waals surface area contributed by atoms with Crippen LogP contribution in [0.25, 0.3) is 0 Å². The molecule has 0 spiro atoms. The number of nitrogens with two attached hydrogens (primary N) is 1. The second kappa shape index (κ2) is 9.44. The Morgan fingerprint density at radius 3 is 2.52 bits per heavy atom. The first-order valence-corrected chi connectivity index (χ1v) is 8.50. The van der Waals surface area contributed by atoms with Crippen LogP contribution < -0.4 is 15.8 Å². The molecule has 1 aliphatic rings. The Hall–Kier alpha value is -2.04. The Balaban J connectivity index is 0.00000225. The SMILES string of the molecule is Cl.N[C@@H](Cc1ccccc1)C(=O)NCc1ccccc1OCC1CC1. The maximum Gasteiger partial charge on any atom is 0.237 e. The summed E-state index contributed by atoms with van der Waals surface area (Å²) < 4.78 is 5.87. The molecule has 5 heteroatoms. The molecule has 134 valence electrons. The van der Waals surface area contributed by atoms with Crippen molar-refractivity contribution in [3.63, 3.8) is 0 Å². The van der Waals surface area contributed by atoms with E-state index in [2.05, 4.69) is 5.32 Å². The van der Waals surface area contributed by atoms with Crippen LogP contribution in [0.4, 0.5) is 0 Å². The van der Waals surface area contributed by atoms with Crippen molar-refractivity contribution >= 4 is 18.3 Å². The third-order valence-corrected chi connectivity index (χ3v) is 4.23. The fourth-order valence-corrected chi connectivity index (χ4v) is 2.56. The molecule has 1 aliphatic carbocycles. The quantitative estimate of drug-likeness (QED) is 0.760. The molecule has 0 saturated heterocycles. The van der Waals surface area contributed by atoms with Gasteiger partial charge in [-0.1, -0.05) is 48.5 Å². The number of hydrogen-bond acceptors (Lipinski definition) is 3. The maximum absolute atomic E-state index is 12.2. The molecule has 2 aromatic rings. The van der Waals surface area contributed by atoms with Crippen molar-refractivity contribution in [2.75, 3.05) is 6.61 Å². The molecular formula is C20H25ClN2O2. The molecule has 3 rings (SSSR count). The summed E-state index contributed by atoms with van der Waals surface area (Å²) in [5, 5.41) is 2.92. The van der Waals surface area contributed by atoms with Crippen molar-refractivity contribution in [1.82, 2.24) is 5.32 Å². The van der Waals surface area contributed by atoms with Gasteiger partial charge in [0.25, 0.3) is 0 Å².